The SMILES string of the molecule is CCC(CC)CC(O)CC(C)(C)OC. The Kier molecular flexibility index (Phi) is 6.38. The van der Waals surface area contributed by atoms with Crippen molar-refractivity contribution in [3.63, 3.8) is 0 Å². The Labute approximate surface area is 88.7 Å². The molecule has 1 unspecified atom stereocenters. The lowest BCUT2D eigenvalue weighted by molar-refractivity contribution is -0.0247. The molecule has 2 heteroatoms. The predicted octanol–water partition coefficient (Wildman–Crippen LogP) is 2.99. The van der Waals surface area contributed by atoms with Crippen LogP contribution in [0, 0.1) is 5.92 Å². The monoisotopic (exact) mass is 202 g/mol. The molecule has 0 spiro atoms. The molecule has 14 heavy (non-hydrogen) atoms. The third kappa shape index (κ3) is 5.61. The lowest BCUT2D eigenvalue weighted by Gasteiger charge is -2.27. The highest BCUT2D eigenvalue weighted by Gasteiger charge is 2.22. The van der Waals surface area contributed by atoms with E-state index in [1.165, 1.54) is 0 Å². The van der Waals surface area contributed by atoms with Crippen molar-refractivity contribution in [2.45, 2.75) is 65.1 Å². The first-order valence-electron chi connectivity index (χ1n) is 5.68. The Morgan fingerprint density at radius 3 is 2.07 bits per heavy atom. The van der Waals surface area contributed by atoms with Gasteiger partial charge in [-0.25, -0.2) is 0 Å². The quantitative estimate of drug-likeness (QED) is 0.687. The molecule has 0 aromatic rings. The standard InChI is InChI=1S/C12H26O2/c1-6-10(7-2)8-11(13)9-12(3,4)14-5/h10-11,13H,6-9H2,1-5H3. The van der Waals surface area contributed by atoms with Crippen LogP contribution in [0.2, 0.25) is 0 Å². The number of ether oxygens (including phenoxy) is 1. The van der Waals surface area contributed by atoms with Gasteiger partial charge in [0.1, 0.15) is 0 Å². The summed E-state index contributed by atoms with van der Waals surface area (Å²) in [5, 5.41) is 9.87. The summed E-state index contributed by atoms with van der Waals surface area (Å²) >= 11 is 0. The van der Waals surface area contributed by atoms with Crippen molar-refractivity contribution in [3.8, 4) is 0 Å². The summed E-state index contributed by atoms with van der Waals surface area (Å²) in [5.74, 6) is 0.651. The van der Waals surface area contributed by atoms with Crippen LogP contribution in [0.5, 0.6) is 0 Å². The van der Waals surface area contributed by atoms with Crippen LogP contribution in [0.3, 0.4) is 0 Å². The maximum Gasteiger partial charge on any atom is 0.0647 e. The van der Waals surface area contributed by atoms with Gasteiger partial charge in [-0.15, -0.1) is 0 Å². The molecule has 0 saturated heterocycles. The first-order valence-corrected chi connectivity index (χ1v) is 5.68. The largest absolute Gasteiger partial charge is 0.393 e. The van der Waals surface area contributed by atoms with Gasteiger partial charge in [-0.1, -0.05) is 26.7 Å². The summed E-state index contributed by atoms with van der Waals surface area (Å²) < 4.78 is 5.30. The maximum absolute atomic E-state index is 9.87. The number of methoxy groups -OCH3 is 1. The Hall–Kier alpha value is -0.0800. The summed E-state index contributed by atoms with van der Waals surface area (Å²) in [6.07, 6.45) is 3.71. The van der Waals surface area contributed by atoms with Crippen LogP contribution in [-0.4, -0.2) is 23.9 Å². The lowest BCUT2D eigenvalue weighted by Crippen LogP contribution is -2.29. The molecular weight excluding hydrogens is 176 g/mol. The number of hydrogen-bond donors (Lipinski definition) is 1. The van der Waals surface area contributed by atoms with Gasteiger partial charge in [-0.2, -0.15) is 0 Å². The van der Waals surface area contributed by atoms with E-state index in [1.807, 2.05) is 13.8 Å². The zero-order valence-corrected chi connectivity index (χ0v) is 10.3. The lowest BCUT2D eigenvalue weighted by atomic mass is 9.90. The Bertz CT molecular complexity index is 139. The molecule has 0 bridgehead atoms. The third-order valence-electron chi connectivity index (χ3n) is 3.04. The molecule has 0 aromatic heterocycles. The van der Waals surface area contributed by atoms with Gasteiger partial charge in [0.15, 0.2) is 0 Å². The molecule has 0 heterocycles. The van der Waals surface area contributed by atoms with Gasteiger partial charge in [0.25, 0.3) is 0 Å². The van der Waals surface area contributed by atoms with Gasteiger partial charge in [0.2, 0.25) is 0 Å². The second kappa shape index (κ2) is 6.41. The second-order valence-electron chi connectivity index (χ2n) is 4.74. The maximum atomic E-state index is 9.87. The van der Waals surface area contributed by atoms with Crippen LogP contribution < -0.4 is 0 Å². The van der Waals surface area contributed by atoms with E-state index in [9.17, 15) is 5.11 Å². The summed E-state index contributed by atoms with van der Waals surface area (Å²) in [4.78, 5) is 0. The van der Waals surface area contributed by atoms with Gasteiger partial charge in [-0.05, 0) is 26.2 Å². The average Bonchev–Trinajstić information content (AvgIpc) is 2.13. The van der Waals surface area contributed by atoms with Crippen LogP contribution >= 0.6 is 0 Å². The Balaban J connectivity index is 3.90. The predicted molar refractivity (Wildman–Crippen MR) is 60.4 cm³/mol. The topological polar surface area (TPSA) is 29.5 Å². The van der Waals surface area contributed by atoms with Crippen LogP contribution in [0.25, 0.3) is 0 Å². The Morgan fingerprint density at radius 1 is 1.21 bits per heavy atom. The van der Waals surface area contributed by atoms with E-state index in [4.69, 9.17) is 4.74 Å². The smallest absolute Gasteiger partial charge is 0.0647 e. The van der Waals surface area contributed by atoms with E-state index < -0.39 is 0 Å². The highest BCUT2D eigenvalue weighted by Crippen LogP contribution is 2.22. The van der Waals surface area contributed by atoms with Crippen LogP contribution in [0.4, 0.5) is 0 Å². The van der Waals surface area contributed by atoms with E-state index in [2.05, 4.69) is 13.8 Å². The van der Waals surface area contributed by atoms with Crippen molar-refractivity contribution in [2.24, 2.45) is 5.92 Å². The zero-order valence-electron chi connectivity index (χ0n) is 10.3. The fourth-order valence-corrected chi connectivity index (χ4v) is 1.74. The first kappa shape index (κ1) is 13.9. The van der Waals surface area contributed by atoms with Crippen LogP contribution in [-0.2, 0) is 4.74 Å². The second-order valence-corrected chi connectivity index (χ2v) is 4.74. The van der Waals surface area contributed by atoms with Crippen molar-refractivity contribution in [1.29, 1.82) is 0 Å². The fourth-order valence-electron chi connectivity index (χ4n) is 1.74. The minimum absolute atomic E-state index is 0.203. The first-order chi connectivity index (χ1) is 6.45. The molecule has 1 atom stereocenters. The molecule has 0 radical (unpaired) electrons. The van der Waals surface area contributed by atoms with E-state index in [0.29, 0.717) is 5.92 Å². The van der Waals surface area contributed by atoms with Crippen molar-refractivity contribution < 1.29 is 9.84 Å². The van der Waals surface area contributed by atoms with Gasteiger partial charge in [0.05, 0.1) is 11.7 Å². The van der Waals surface area contributed by atoms with E-state index in [1.54, 1.807) is 7.11 Å². The van der Waals surface area contributed by atoms with Crippen molar-refractivity contribution >= 4 is 0 Å². The molecule has 0 aliphatic heterocycles. The molecule has 0 saturated carbocycles. The summed E-state index contributed by atoms with van der Waals surface area (Å²) in [5.41, 5.74) is -0.203. The minimum atomic E-state index is -0.227. The van der Waals surface area contributed by atoms with Gasteiger partial charge < -0.3 is 9.84 Å². The molecule has 0 rings (SSSR count). The number of hydrogen-bond acceptors (Lipinski definition) is 2. The molecule has 0 aliphatic rings. The van der Waals surface area contributed by atoms with Gasteiger partial charge >= 0.3 is 0 Å². The van der Waals surface area contributed by atoms with Crippen molar-refractivity contribution in [2.75, 3.05) is 7.11 Å². The number of aliphatic hydroxyl groups excluding tert-OH is 1. The molecule has 0 aliphatic carbocycles. The molecule has 0 fully saturated rings. The highest BCUT2D eigenvalue weighted by atomic mass is 16.5. The third-order valence-corrected chi connectivity index (χ3v) is 3.04. The van der Waals surface area contributed by atoms with E-state index in [-0.39, 0.29) is 11.7 Å². The molecule has 1 N–H and O–H groups in total. The van der Waals surface area contributed by atoms with E-state index >= 15 is 0 Å². The summed E-state index contributed by atoms with van der Waals surface area (Å²) in [7, 11) is 1.70. The van der Waals surface area contributed by atoms with Crippen molar-refractivity contribution in [1.82, 2.24) is 0 Å². The minimum Gasteiger partial charge on any atom is -0.393 e. The molecule has 0 aromatic carbocycles. The normalized spacial score (nSPS) is 14.8. The number of rotatable bonds is 7. The summed E-state index contributed by atoms with van der Waals surface area (Å²) in [6, 6.07) is 0. The van der Waals surface area contributed by atoms with Gasteiger partial charge in [0, 0.05) is 13.5 Å². The Morgan fingerprint density at radius 2 is 1.71 bits per heavy atom. The van der Waals surface area contributed by atoms with Crippen LogP contribution in [0.15, 0.2) is 0 Å². The molecular formula is C12H26O2. The van der Waals surface area contributed by atoms with E-state index in [0.717, 1.165) is 25.7 Å². The van der Waals surface area contributed by atoms with Gasteiger partial charge in [-0.3, -0.25) is 0 Å². The molecule has 0 amide bonds. The zero-order chi connectivity index (χ0) is 11.2. The van der Waals surface area contributed by atoms with Crippen LogP contribution in [0.1, 0.15) is 53.4 Å². The highest BCUT2D eigenvalue weighted by molar-refractivity contribution is 4.74. The summed E-state index contributed by atoms with van der Waals surface area (Å²) in [6.45, 7) is 8.40. The number of aliphatic hydroxyl groups is 1. The fraction of sp³-hybridized carbons (Fsp3) is 1.00. The molecule has 2 nitrogen and oxygen atoms in total. The van der Waals surface area contributed by atoms with Crippen molar-refractivity contribution in [3.05, 3.63) is 0 Å². The average molecular weight is 202 g/mol. The molecule has 86 valence electrons.